The van der Waals surface area contributed by atoms with Gasteiger partial charge in [0, 0.05) is 26.1 Å². The number of nitrogens with one attached hydrogen (secondary N) is 1. The lowest BCUT2D eigenvalue weighted by molar-refractivity contribution is -0.152. The first-order chi connectivity index (χ1) is 10.8. The van der Waals surface area contributed by atoms with Gasteiger partial charge in [-0.1, -0.05) is 6.58 Å². The Labute approximate surface area is 130 Å². The number of carbonyl (C=O) groups excluding carboxylic acids is 2. The third-order valence-electron chi connectivity index (χ3n) is 3.20. The third kappa shape index (κ3) is 3.75. The summed E-state index contributed by atoms with van der Waals surface area (Å²) >= 11 is 0. The fraction of sp³-hybridized carbons (Fsp3) is 0.429. The molecule has 3 atom stereocenters. The Morgan fingerprint density at radius 2 is 2.04 bits per heavy atom. The maximum absolute atomic E-state index is 11.9. The number of rotatable bonds is 4. The van der Waals surface area contributed by atoms with Gasteiger partial charge in [-0.15, -0.1) is 0 Å². The van der Waals surface area contributed by atoms with Crippen molar-refractivity contribution in [2.45, 2.75) is 32.3 Å². The molecule has 0 saturated carbocycles. The molecule has 1 N–H and O–H groups in total. The largest absolute Gasteiger partial charge is 0.463 e. The second-order valence-electron chi connectivity index (χ2n) is 4.94. The van der Waals surface area contributed by atoms with Crippen molar-refractivity contribution >= 4 is 11.9 Å². The van der Waals surface area contributed by atoms with E-state index in [1.54, 1.807) is 0 Å². The zero-order valence-corrected chi connectivity index (χ0v) is 12.6. The van der Waals surface area contributed by atoms with E-state index in [0.717, 1.165) is 10.6 Å². The minimum absolute atomic E-state index is 0.124. The second kappa shape index (κ2) is 6.61. The molecule has 2 rings (SSSR count). The summed E-state index contributed by atoms with van der Waals surface area (Å²) < 4.78 is 16.7. The van der Waals surface area contributed by atoms with Gasteiger partial charge < -0.3 is 14.2 Å². The fourth-order valence-corrected chi connectivity index (χ4v) is 2.18. The van der Waals surface area contributed by atoms with Crippen molar-refractivity contribution in [3.63, 3.8) is 0 Å². The maximum Gasteiger partial charge on any atom is 0.330 e. The second-order valence-corrected chi connectivity index (χ2v) is 4.94. The molecule has 1 aliphatic rings. The fourth-order valence-electron chi connectivity index (χ4n) is 2.18. The first-order valence-corrected chi connectivity index (χ1v) is 6.76. The molecule has 9 nitrogen and oxygen atoms in total. The van der Waals surface area contributed by atoms with Crippen molar-refractivity contribution < 1.29 is 23.8 Å². The molecule has 1 aromatic heterocycles. The van der Waals surface area contributed by atoms with Crippen LogP contribution in [0.2, 0.25) is 0 Å². The first-order valence-electron chi connectivity index (χ1n) is 6.76. The Hall–Kier alpha value is -2.68. The van der Waals surface area contributed by atoms with Gasteiger partial charge in [0.2, 0.25) is 0 Å². The predicted molar refractivity (Wildman–Crippen MR) is 76.6 cm³/mol. The van der Waals surface area contributed by atoms with Crippen LogP contribution in [0.3, 0.4) is 0 Å². The average molecular weight is 324 g/mol. The van der Waals surface area contributed by atoms with Crippen LogP contribution in [-0.2, 0) is 23.8 Å². The monoisotopic (exact) mass is 324 g/mol. The molecule has 23 heavy (non-hydrogen) atoms. The number of aromatic nitrogens is 2. The van der Waals surface area contributed by atoms with Crippen molar-refractivity contribution in [1.82, 2.24) is 9.55 Å². The number of nitrogens with zero attached hydrogens (tertiary/aromatic N) is 1. The lowest BCUT2D eigenvalue weighted by Gasteiger charge is -2.20. The Morgan fingerprint density at radius 1 is 1.35 bits per heavy atom. The minimum atomic E-state index is -1.02. The molecule has 0 aliphatic carbocycles. The minimum Gasteiger partial charge on any atom is -0.463 e. The van der Waals surface area contributed by atoms with Gasteiger partial charge in [0.25, 0.3) is 5.56 Å². The van der Waals surface area contributed by atoms with Gasteiger partial charge in [-0.25, -0.2) is 4.79 Å². The molecule has 1 aliphatic heterocycles. The third-order valence-corrected chi connectivity index (χ3v) is 3.20. The summed E-state index contributed by atoms with van der Waals surface area (Å²) in [5.41, 5.74) is -0.936. The molecule has 0 aromatic carbocycles. The zero-order chi connectivity index (χ0) is 17.1. The average Bonchev–Trinajstić information content (AvgIpc) is 2.73. The molecule has 2 heterocycles. The molecule has 124 valence electrons. The van der Waals surface area contributed by atoms with Gasteiger partial charge in [-0.3, -0.25) is 23.9 Å². The first kappa shape index (κ1) is 16.7. The quantitative estimate of drug-likeness (QED) is 0.585. The van der Waals surface area contributed by atoms with Crippen molar-refractivity contribution in [1.29, 1.82) is 0 Å². The van der Waals surface area contributed by atoms with Crippen LogP contribution in [0.25, 0.3) is 0 Å². The topological polar surface area (TPSA) is 117 Å². The van der Waals surface area contributed by atoms with Crippen LogP contribution in [0.15, 0.2) is 34.0 Å². The summed E-state index contributed by atoms with van der Waals surface area (Å²) in [6, 6.07) is 1.14. The Kier molecular flexibility index (Phi) is 4.80. The van der Waals surface area contributed by atoms with Crippen LogP contribution >= 0.6 is 0 Å². The van der Waals surface area contributed by atoms with Gasteiger partial charge in [0.1, 0.15) is 12.7 Å². The molecule has 1 saturated heterocycles. The highest BCUT2D eigenvalue weighted by atomic mass is 16.6. The molecule has 0 unspecified atom stereocenters. The van der Waals surface area contributed by atoms with Crippen LogP contribution < -0.4 is 11.2 Å². The summed E-state index contributed by atoms with van der Waals surface area (Å²) in [6.45, 7) is 6.11. The van der Waals surface area contributed by atoms with E-state index in [1.165, 1.54) is 20.0 Å². The van der Waals surface area contributed by atoms with Gasteiger partial charge >= 0.3 is 17.6 Å². The SMILES string of the molecule is C=C1[C@H](COC(C)=O)O[C@H](n2ccc(=O)[nH]c2=O)[C@@H]1OC(C)=O. The van der Waals surface area contributed by atoms with Crippen LogP contribution in [0.1, 0.15) is 20.1 Å². The molecule has 0 bridgehead atoms. The number of esters is 2. The van der Waals surface area contributed by atoms with E-state index in [4.69, 9.17) is 14.2 Å². The number of hydrogen-bond acceptors (Lipinski definition) is 7. The molecular formula is C14H16N2O7. The Balaban J connectivity index is 2.32. The highest BCUT2D eigenvalue weighted by Crippen LogP contribution is 2.34. The molecular weight excluding hydrogens is 308 g/mol. The summed E-state index contributed by atoms with van der Waals surface area (Å²) in [7, 11) is 0. The zero-order valence-electron chi connectivity index (χ0n) is 12.6. The standard InChI is InChI=1S/C14H16N2O7/c1-7-10(6-21-8(2)17)23-13(12(7)22-9(3)18)16-5-4-11(19)15-14(16)20/h4-5,10,12-13H,1,6H2,2-3H3,(H,15,19,20)/t10-,12+,13-/m0/s1. The van der Waals surface area contributed by atoms with Gasteiger partial charge in [0.15, 0.2) is 12.3 Å². The van der Waals surface area contributed by atoms with E-state index < -0.39 is 41.6 Å². The Bertz CT molecular complexity index is 748. The summed E-state index contributed by atoms with van der Waals surface area (Å²) in [4.78, 5) is 47.4. The molecule has 1 aromatic rings. The Morgan fingerprint density at radius 3 is 2.61 bits per heavy atom. The maximum atomic E-state index is 11.9. The van der Waals surface area contributed by atoms with E-state index in [2.05, 4.69) is 11.6 Å². The summed E-state index contributed by atoms with van der Waals surface area (Å²) in [5, 5.41) is 0. The highest BCUT2D eigenvalue weighted by Gasteiger charge is 2.43. The summed E-state index contributed by atoms with van der Waals surface area (Å²) in [5.74, 6) is -1.09. The molecule has 1 fully saturated rings. The number of aromatic amines is 1. The van der Waals surface area contributed by atoms with E-state index in [-0.39, 0.29) is 6.61 Å². The van der Waals surface area contributed by atoms with Gasteiger partial charge in [-0.05, 0) is 5.57 Å². The van der Waals surface area contributed by atoms with Gasteiger partial charge in [0.05, 0.1) is 0 Å². The predicted octanol–water partition coefficient (Wildman–Crippen LogP) is -0.515. The lowest BCUT2D eigenvalue weighted by atomic mass is 10.1. The van der Waals surface area contributed by atoms with E-state index in [1.807, 2.05) is 0 Å². The van der Waals surface area contributed by atoms with Crippen LogP contribution in [0.5, 0.6) is 0 Å². The molecule has 9 heteroatoms. The molecule has 0 radical (unpaired) electrons. The number of carbonyl (C=O) groups is 2. The number of ether oxygens (including phenoxy) is 3. The van der Waals surface area contributed by atoms with Crippen molar-refractivity contribution in [2.24, 2.45) is 0 Å². The van der Waals surface area contributed by atoms with E-state index in [9.17, 15) is 19.2 Å². The molecule has 0 amide bonds. The van der Waals surface area contributed by atoms with E-state index in [0.29, 0.717) is 5.57 Å². The van der Waals surface area contributed by atoms with Crippen LogP contribution in [0.4, 0.5) is 0 Å². The van der Waals surface area contributed by atoms with Crippen molar-refractivity contribution in [2.75, 3.05) is 6.61 Å². The van der Waals surface area contributed by atoms with Crippen molar-refractivity contribution in [3.05, 3.63) is 45.3 Å². The van der Waals surface area contributed by atoms with Gasteiger partial charge in [-0.2, -0.15) is 0 Å². The van der Waals surface area contributed by atoms with Crippen molar-refractivity contribution in [3.8, 4) is 0 Å². The normalized spacial score (nSPS) is 23.6. The lowest BCUT2D eigenvalue weighted by Crippen LogP contribution is -2.36. The van der Waals surface area contributed by atoms with Crippen LogP contribution in [0, 0.1) is 0 Å². The highest BCUT2D eigenvalue weighted by molar-refractivity contribution is 5.67. The summed E-state index contributed by atoms with van der Waals surface area (Å²) in [6.07, 6.45) is -1.48. The van der Waals surface area contributed by atoms with Crippen LogP contribution in [-0.4, -0.2) is 40.3 Å². The van der Waals surface area contributed by atoms with E-state index >= 15 is 0 Å². The smallest absolute Gasteiger partial charge is 0.330 e. The number of hydrogen-bond donors (Lipinski definition) is 1. The molecule has 0 spiro atoms. The number of H-pyrrole nitrogens is 1.